The standard InChI is InChI=1S/C10H8F2N2O/c11-6-4-7(12)9-8(5-6)15-10(13-9)14-2-1-3-14/h4-5H,1-3H2. The lowest BCUT2D eigenvalue weighted by molar-refractivity contribution is 0.508. The van der Waals surface area contributed by atoms with E-state index in [1.54, 1.807) is 0 Å². The van der Waals surface area contributed by atoms with Crippen LogP contribution in [0.3, 0.4) is 0 Å². The fourth-order valence-corrected chi connectivity index (χ4v) is 1.59. The van der Waals surface area contributed by atoms with Crippen LogP contribution in [0, 0.1) is 11.6 Å². The normalized spacial score (nSPS) is 15.7. The summed E-state index contributed by atoms with van der Waals surface area (Å²) in [6, 6.07) is 2.33. The molecule has 5 heteroatoms. The van der Waals surface area contributed by atoms with Gasteiger partial charge in [-0.2, -0.15) is 4.98 Å². The molecule has 2 aromatic rings. The van der Waals surface area contributed by atoms with E-state index in [2.05, 4.69) is 4.98 Å². The molecule has 1 saturated heterocycles. The van der Waals surface area contributed by atoms with Crippen molar-refractivity contribution in [3.63, 3.8) is 0 Å². The minimum Gasteiger partial charge on any atom is -0.423 e. The summed E-state index contributed by atoms with van der Waals surface area (Å²) in [5, 5.41) is 0. The molecule has 78 valence electrons. The van der Waals surface area contributed by atoms with Crippen molar-refractivity contribution in [3.8, 4) is 0 Å². The maximum atomic E-state index is 13.3. The Hall–Kier alpha value is -1.65. The van der Waals surface area contributed by atoms with Crippen LogP contribution in [0.25, 0.3) is 11.1 Å². The molecule has 2 heterocycles. The third-order valence-corrected chi connectivity index (χ3v) is 2.53. The second kappa shape index (κ2) is 2.92. The van der Waals surface area contributed by atoms with Gasteiger partial charge < -0.3 is 9.32 Å². The molecule has 0 saturated carbocycles. The fourth-order valence-electron chi connectivity index (χ4n) is 1.59. The van der Waals surface area contributed by atoms with E-state index >= 15 is 0 Å². The van der Waals surface area contributed by atoms with Gasteiger partial charge in [0.2, 0.25) is 0 Å². The van der Waals surface area contributed by atoms with E-state index in [0.29, 0.717) is 6.01 Å². The number of rotatable bonds is 1. The van der Waals surface area contributed by atoms with Gasteiger partial charge in [-0.1, -0.05) is 0 Å². The van der Waals surface area contributed by atoms with Gasteiger partial charge in [-0.3, -0.25) is 0 Å². The van der Waals surface area contributed by atoms with Crippen molar-refractivity contribution in [2.45, 2.75) is 6.42 Å². The summed E-state index contributed by atoms with van der Waals surface area (Å²) in [5.41, 5.74) is 0.257. The smallest absolute Gasteiger partial charge is 0.298 e. The van der Waals surface area contributed by atoms with Crippen LogP contribution < -0.4 is 4.90 Å². The van der Waals surface area contributed by atoms with Gasteiger partial charge in [0.15, 0.2) is 11.4 Å². The van der Waals surface area contributed by atoms with Crippen molar-refractivity contribution < 1.29 is 13.2 Å². The lowest BCUT2D eigenvalue weighted by Crippen LogP contribution is -2.37. The van der Waals surface area contributed by atoms with Gasteiger partial charge in [0.1, 0.15) is 11.3 Å². The molecule has 15 heavy (non-hydrogen) atoms. The molecule has 1 fully saturated rings. The first-order chi connectivity index (χ1) is 7.24. The van der Waals surface area contributed by atoms with Crippen LogP contribution in [0.15, 0.2) is 16.5 Å². The minimum absolute atomic E-state index is 0.0956. The largest absolute Gasteiger partial charge is 0.423 e. The molecule has 0 atom stereocenters. The Kier molecular flexibility index (Phi) is 1.68. The Morgan fingerprint density at radius 1 is 1.27 bits per heavy atom. The molecule has 0 bridgehead atoms. The van der Waals surface area contributed by atoms with Gasteiger partial charge in [-0.15, -0.1) is 0 Å². The quantitative estimate of drug-likeness (QED) is 0.723. The highest BCUT2D eigenvalue weighted by Crippen LogP contribution is 2.27. The third-order valence-electron chi connectivity index (χ3n) is 2.53. The number of benzene rings is 1. The Balaban J connectivity index is 2.16. The summed E-state index contributed by atoms with van der Waals surface area (Å²) < 4.78 is 31.4. The number of fused-ring (bicyclic) bond motifs is 1. The van der Waals surface area contributed by atoms with Gasteiger partial charge in [0.25, 0.3) is 6.01 Å². The first-order valence-electron chi connectivity index (χ1n) is 4.74. The highest BCUT2D eigenvalue weighted by atomic mass is 19.1. The van der Waals surface area contributed by atoms with E-state index in [0.717, 1.165) is 31.6 Å². The minimum atomic E-state index is -0.680. The van der Waals surface area contributed by atoms with Gasteiger partial charge in [0, 0.05) is 25.2 Å². The van der Waals surface area contributed by atoms with Gasteiger partial charge >= 0.3 is 0 Å². The number of hydrogen-bond acceptors (Lipinski definition) is 3. The van der Waals surface area contributed by atoms with Crippen molar-refractivity contribution in [2.24, 2.45) is 0 Å². The van der Waals surface area contributed by atoms with E-state index in [4.69, 9.17) is 4.42 Å². The number of anilines is 1. The number of hydrogen-bond donors (Lipinski definition) is 0. The summed E-state index contributed by atoms with van der Waals surface area (Å²) in [6.45, 7) is 1.72. The summed E-state index contributed by atoms with van der Waals surface area (Å²) in [4.78, 5) is 5.88. The predicted octanol–water partition coefficient (Wildman–Crippen LogP) is 2.32. The highest BCUT2D eigenvalue weighted by molar-refractivity contribution is 5.75. The second-order valence-electron chi connectivity index (χ2n) is 3.57. The zero-order chi connectivity index (χ0) is 10.4. The average Bonchev–Trinajstić information content (AvgIpc) is 2.44. The van der Waals surface area contributed by atoms with Crippen molar-refractivity contribution in [1.82, 2.24) is 4.98 Å². The van der Waals surface area contributed by atoms with Crippen molar-refractivity contribution in [2.75, 3.05) is 18.0 Å². The Morgan fingerprint density at radius 3 is 2.73 bits per heavy atom. The highest BCUT2D eigenvalue weighted by Gasteiger charge is 2.21. The Labute approximate surface area is 84.3 Å². The number of aromatic nitrogens is 1. The van der Waals surface area contributed by atoms with Gasteiger partial charge in [0.05, 0.1) is 0 Å². The molecule has 1 aliphatic rings. The second-order valence-corrected chi connectivity index (χ2v) is 3.57. The average molecular weight is 210 g/mol. The van der Waals surface area contributed by atoms with Crippen LogP contribution in [0.5, 0.6) is 0 Å². The van der Waals surface area contributed by atoms with Crippen molar-refractivity contribution in [1.29, 1.82) is 0 Å². The lowest BCUT2D eigenvalue weighted by atomic mass is 10.2. The summed E-state index contributed by atoms with van der Waals surface area (Å²) >= 11 is 0. The maximum Gasteiger partial charge on any atom is 0.298 e. The number of nitrogens with zero attached hydrogens (tertiary/aromatic N) is 2. The summed E-state index contributed by atoms with van der Waals surface area (Å²) in [5.74, 6) is -1.33. The zero-order valence-corrected chi connectivity index (χ0v) is 7.83. The summed E-state index contributed by atoms with van der Waals surface area (Å²) in [7, 11) is 0. The van der Waals surface area contributed by atoms with Crippen LogP contribution in [-0.2, 0) is 0 Å². The van der Waals surface area contributed by atoms with Crippen LogP contribution in [0.2, 0.25) is 0 Å². The molecule has 0 unspecified atom stereocenters. The molecule has 0 amide bonds. The molecule has 0 radical (unpaired) electrons. The maximum absolute atomic E-state index is 13.3. The molecule has 3 nitrogen and oxygen atoms in total. The predicted molar refractivity (Wildman–Crippen MR) is 50.8 cm³/mol. The molecule has 3 rings (SSSR count). The lowest BCUT2D eigenvalue weighted by Gasteiger charge is -2.28. The van der Waals surface area contributed by atoms with E-state index in [9.17, 15) is 8.78 Å². The first kappa shape index (κ1) is 8.64. The van der Waals surface area contributed by atoms with E-state index in [-0.39, 0.29) is 11.1 Å². The van der Waals surface area contributed by atoms with Gasteiger partial charge in [-0.05, 0) is 6.42 Å². The van der Waals surface area contributed by atoms with Crippen molar-refractivity contribution >= 4 is 17.1 Å². The van der Waals surface area contributed by atoms with Crippen LogP contribution in [0.4, 0.5) is 14.8 Å². The molecular weight excluding hydrogens is 202 g/mol. The van der Waals surface area contributed by atoms with E-state index in [1.165, 1.54) is 0 Å². The van der Waals surface area contributed by atoms with E-state index < -0.39 is 11.6 Å². The topological polar surface area (TPSA) is 29.3 Å². The summed E-state index contributed by atoms with van der Waals surface area (Å²) in [6.07, 6.45) is 1.08. The molecule has 1 aromatic heterocycles. The SMILES string of the molecule is Fc1cc(F)c2nc(N3CCC3)oc2c1. The van der Waals surface area contributed by atoms with Crippen LogP contribution >= 0.6 is 0 Å². The zero-order valence-electron chi connectivity index (χ0n) is 7.83. The van der Waals surface area contributed by atoms with Crippen LogP contribution in [0.1, 0.15) is 6.42 Å². The number of oxazole rings is 1. The third kappa shape index (κ3) is 1.26. The molecule has 1 aromatic carbocycles. The molecule has 0 aliphatic carbocycles. The van der Waals surface area contributed by atoms with Crippen molar-refractivity contribution in [3.05, 3.63) is 23.8 Å². The molecule has 1 aliphatic heterocycles. The van der Waals surface area contributed by atoms with Gasteiger partial charge in [-0.25, -0.2) is 8.78 Å². The first-order valence-corrected chi connectivity index (χ1v) is 4.74. The Bertz CT molecular complexity index is 519. The molecule has 0 spiro atoms. The van der Waals surface area contributed by atoms with Crippen LogP contribution in [-0.4, -0.2) is 18.1 Å². The molecular formula is C10H8F2N2O. The molecule has 0 N–H and O–H groups in total. The number of halogens is 2. The fraction of sp³-hybridized carbons (Fsp3) is 0.300. The van der Waals surface area contributed by atoms with E-state index in [1.807, 2.05) is 4.90 Å². The monoisotopic (exact) mass is 210 g/mol. The Morgan fingerprint density at radius 2 is 2.07 bits per heavy atom.